The van der Waals surface area contributed by atoms with E-state index in [1.165, 1.54) is 0 Å². The molecule has 2 aromatic carbocycles. The molecule has 4 nitrogen and oxygen atoms in total. The van der Waals surface area contributed by atoms with E-state index >= 15 is 4.39 Å². The molecular formula is C27H30FN4+. The summed E-state index contributed by atoms with van der Waals surface area (Å²) >= 11 is 0. The summed E-state index contributed by atoms with van der Waals surface area (Å²) in [4.78, 5) is 13.9. The molecule has 0 spiro atoms. The molecule has 0 N–H and O–H groups in total. The van der Waals surface area contributed by atoms with Crippen LogP contribution in [0.3, 0.4) is 0 Å². The molecule has 0 radical (unpaired) electrons. The minimum atomic E-state index is -0.290. The third kappa shape index (κ3) is 3.88. The second-order valence-corrected chi connectivity index (χ2v) is 9.14. The zero-order chi connectivity index (χ0) is 23.2. The second-order valence-electron chi connectivity index (χ2n) is 9.14. The molecule has 0 amide bonds. The van der Waals surface area contributed by atoms with Gasteiger partial charge in [0.05, 0.1) is 11.1 Å². The molecule has 0 aliphatic rings. The molecular weight excluding hydrogens is 399 g/mol. The van der Waals surface area contributed by atoms with E-state index in [4.69, 9.17) is 0 Å². The van der Waals surface area contributed by atoms with E-state index in [1.807, 2.05) is 29.9 Å². The van der Waals surface area contributed by atoms with Crippen molar-refractivity contribution in [3.05, 3.63) is 71.2 Å². The first-order valence-corrected chi connectivity index (χ1v) is 11.1. The van der Waals surface area contributed by atoms with E-state index in [0.29, 0.717) is 17.1 Å². The fraction of sp³-hybridized carbons (Fsp3) is 0.333. The molecule has 0 saturated carbocycles. The van der Waals surface area contributed by atoms with Gasteiger partial charge in [0.2, 0.25) is 5.69 Å². The van der Waals surface area contributed by atoms with Crippen LogP contribution in [-0.4, -0.2) is 15.0 Å². The number of rotatable bonds is 4. The smallest absolute Gasteiger partial charge is 0.217 e. The average Bonchev–Trinajstić information content (AvgIpc) is 2.75. The molecule has 0 fully saturated rings. The van der Waals surface area contributed by atoms with Crippen molar-refractivity contribution in [1.82, 2.24) is 15.0 Å². The van der Waals surface area contributed by atoms with Crippen molar-refractivity contribution in [3.8, 4) is 22.6 Å². The summed E-state index contributed by atoms with van der Waals surface area (Å²) in [5.41, 5.74) is 4.36. The Bertz CT molecular complexity index is 1280. The van der Waals surface area contributed by atoms with E-state index in [2.05, 4.69) is 74.7 Å². The number of pyridine rings is 1. The Balaban J connectivity index is 1.94. The van der Waals surface area contributed by atoms with Crippen LogP contribution in [0.4, 0.5) is 4.39 Å². The van der Waals surface area contributed by atoms with E-state index in [0.717, 1.165) is 39.1 Å². The molecule has 2 heterocycles. The van der Waals surface area contributed by atoms with Gasteiger partial charge >= 0.3 is 0 Å². The van der Waals surface area contributed by atoms with Gasteiger partial charge < -0.3 is 0 Å². The van der Waals surface area contributed by atoms with Gasteiger partial charge in [-0.25, -0.2) is 15.0 Å². The number of fused-ring (bicyclic) bond motifs is 1. The van der Waals surface area contributed by atoms with E-state index < -0.39 is 0 Å². The van der Waals surface area contributed by atoms with Gasteiger partial charge in [-0.1, -0.05) is 58.0 Å². The number of hydrogen-bond acceptors (Lipinski definition) is 3. The Morgan fingerprint density at radius 3 is 2.09 bits per heavy atom. The first-order valence-electron chi connectivity index (χ1n) is 11.1. The van der Waals surface area contributed by atoms with Gasteiger partial charge in [0.1, 0.15) is 18.7 Å². The standard InChI is InChI=1S/C27H30FN4/c1-15(2)25-29-26(16(3)4)31-27(30-25)20-13-22(28)24(32(7)14-20)23-18(6)17(5)12-19-10-8-9-11-21(19)23/h8-16H,1-7H3/q+1. The maximum absolute atomic E-state index is 15.7. The van der Waals surface area contributed by atoms with Crippen LogP contribution in [0.5, 0.6) is 0 Å². The van der Waals surface area contributed by atoms with Crippen LogP contribution in [0.25, 0.3) is 33.4 Å². The van der Waals surface area contributed by atoms with Gasteiger partial charge in [-0.15, -0.1) is 0 Å². The summed E-state index contributed by atoms with van der Waals surface area (Å²) in [6.45, 7) is 12.3. The molecule has 0 unspecified atom stereocenters. The fourth-order valence-corrected chi connectivity index (χ4v) is 4.05. The quantitative estimate of drug-likeness (QED) is 0.364. The zero-order valence-electron chi connectivity index (χ0n) is 19.9. The van der Waals surface area contributed by atoms with Gasteiger partial charge in [-0.3, -0.25) is 0 Å². The van der Waals surface area contributed by atoms with Crippen molar-refractivity contribution in [2.45, 2.75) is 53.4 Å². The number of benzene rings is 2. The molecule has 0 saturated heterocycles. The van der Waals surface area contributed by atoms with Crippen molar-refractivity contribution >= 4 is 10.8 Å². The number of aromatic nitrogens is 4. The lowest BCUT2D eigenvalue weighted by atomic mass is 9.92. The molecule has 32 heavy (non-hydrogen) atoms. The van der Waals surface area contributed by atoms with Gasteiger partial charge in [0.15, 0.2) is 17.8 Å². The lowest BCUT2D eigenvalue weighted by Crippen LogP contribution is -2.32. The number of aryl methyl sites for hydroxylation is 2. The first kappa shape index (κ1) is 22.0. The fourth-order valence-electron chi connectivity index (χ4n) is 4.05. The molecule has 4 rings (SSSR count). The number of nitrogens with zero attached hydrogens (tertiary/aromatic N) is 4. The Labute approximate surface area is 189 Å². The third-order valence-electron chi connectivity index (χ3n) is 5.96. The summed E-state index contributed by atoms with van der Waals surface area (Å²) in [5, 5.41) is 2.15. The second kappa shape index (κ2) is 8.38. The minimum Gasteiger partial charge on any atom is -0.217 e. The van der Waals surface area contributed by atoms with Crippen LogP contribution in [0.2, 0.25) is 0 Å². The van der Waals surface area contributed by atoms with Crippen LogP contribution < -0.4 is 4.57 Å². The van der Waals surface area contributed by atoms with Gasteiger partial charge in [0, 0.05) is 11.8 Å². The van der Waals surface area contributed by atoms with Crippen LogP contribution in [-0.2, 0) is 7.05 Å². The van der Waals surface area contributed by atoms with Gasteiger partial charge in [0.25, 0.3) is 0 Å². The first-order chi connectivity index (χ1) is 15.2. The Morgan fingerprint density at radius 2 is 1.50 bits per heavy atom. The Kier molecular flexibility index (Phi) is 5.76. The molecule has 0 bridgehead atoms. The monoisotopic (exact) mass is 429 g/mol. The minimum absolute atomic E-state index is 0.161. The van der Waals surface area contributed by atoms with Crippen molar-refractivity contribution < 1.29 is 8.96 Å². The number of halogens is 1. The van der Waals surface area contributed by atoms with Crippen LogP contribution >= 0.6 is 0 Å². The van der Waals surface area contributed by atoms with Crippen LogP contribution in [0, 0.1) is 19.7 Å². The van der Waals surface area contributed by atoms with Crippen molar-refractivity contribution in [2.75, 3.05) is 0 Å². The van der Waals surface area contributed by atoms with E-state index in [-0.39, 0.29) is 17.7 Å². The molecule has 0 aliphatic carbocycles. The van der Waals surface area contributed by atoms with Crippen molar-refractivity contribution in [1.29, 1.82) is 0 Å². The largest absolute Gasteiger partial charge is 0.249 e. The molecule has 2 aromatic heterocycles. The highest BCUT2D eigenvalue weighted by molar-refractivity contribution is 5.97. The van der Waals surface area contributed by atoms with Crippen LogP contribution in [0.15, 0.2) is 42.6 Å². The van der Waals surface area contributed by atoms with E-state index in [1.54, 1.807) is 6.07 Å². The Morgan fingerprint density at radius 1 is 0.875 bits per heavy atom. The molecule has 0 atom stereocenters. The van der Waals surface area contributed by atoms with Gasteiger partial charge in [-0.05, 0) is 41.8 Å². The van der Waals surface area contributed by atoms with Crippen molar-refractivity contribution in [3.63, 3.8) is 0 Å². The molecule has 4 aromatic rings. The zero-order valence-corrected chi connectivity index (χ0v) is 19.9. The summed E-state index contributed by atoms with van der Waals surface area (Å²) in [6.07, 6.45) is 1.92. The lowest BCUT2D eigenvalue weighted by Gasteiger charge is -2.14. The Hall–Kier alpha value is -3.21. The number of hydrogen-bond donors (Lipinski definition) is 0. The highest BCUT2D eigenvalue weighted by atomic mass is 19.1. The predicted octanol–water partition coefficient (Wildman–Crippen LogP) is 6.19. The summed E-state index contributed by atoms with van der Waals surface area (Å²) < 4.78 is 17.6. The summed E-state index contributed by atoms with van der Waals surface area (Å²) in [5.74, 6) is 2.00. The third-order valence-corrected chi connectivity index (χ3v) is 5.96. The maximum Gasteiger partial charge on any atom is 0.249 e. The topological polar surface area (TPSA) is 42.6 Å². The molecule has 5 heteroatoms. The van der Waals surface area contributed by atoms with E-state index in [9.17, 15) is 0 Å². The molecule has 0 aliphatic heterocycles. The average molecular weight is 430 g/mol. The normalized spacial score (nSPS) is 11.7. The predicted molar refractivity (Wildman–Crippen MR) is 127 cm³/mol. The van der Waals surface area contributed by atoms with Crippen molar-refractivity contribution in [2.24, 2.45) is 7.05 Å². The summed E-state index contributed by atoms with van der Waals surface area (Å²) in [6, 6.07) is 11.9. The highest BCUT2D eigenvalue weighted by Gasteiger charge is 2.25. The molecule has 164 valence electrons. The lowest BCUT2D eigenvalue weighted by molar-refractivity contribution is -0.661. The summed E-state index contributed by atoms with van der Waals surface area (Å²) in [7, 11) is 1.88. The maximum atomic E-state index is 15.7. The highest BCUT2D eigenvalue weighted by Crippen LogP contribution is 2.34. The SMILES string of the molecule is Cc1cc2ccccc2c(-c2c(F)cc(-c3nc(C(C)C)nc(C(C)C)n3)c[n+]2C)c1C. The van der Waals surface area contributed by atoms with Crippen LogP contribution in [0.1, 0.15) is 62.3 Å². The van der Waals surface area contributed by atoms with Gasteiger partial charge in [-0.2, -0.15) is 8.96 Å².